The molecule has 0 aliphatic rings. The Morgan fingerprint density at radius 1 is 0.438 bits per heavy atom. The number of rotatable bonds is 0. The van der Waals surface area contributed by atoms with Crippen molar-refractivity contribution in [1.29, 1.82) is 0 Å². The van der Waals surface area contributed by atoms with E-state index in [9.17, 15) is 0 Å². The molecule has 0 rings (SSSR count). The normalized spacial score (nSPS) is 11.2. The topological polar surface area (TPSA) is 268 Å². The van der Waals surface area contributed by atoms with Gasteiger partial charge in [0.1, 0.15) is 0 Å². The van der Waals surface area contributed by atoms with E-state index in [0.29, 0.717) is 0 Å². The van der Waals surface area contributed by atoms with Gasteiger partial charge in [0.2, 0.25) is 0 Å². The number of hydrogen-bond donors (Lipinski definition) is 3. The summed E-state index contributed by atoms with van der Waals surface area (Å²) < 4.78 is 98.2. The zero-order valence-electron chi connectivity index (χ0n) is 6.53. The van der Waals surface area contributed by atoms with E-state index < -0.39 is 30.7 Å². The van der Waals surface area contributed by atoms with Crippen LogP contribution in [0.25, 0.3) is 0 Å². The van der Waals surface area contributed by atoms with Gasteiger partial charge in [0.25, 0.3) is 0 Å². The number of hydrogen-bond acceptors (Lipinski definition) is 12. The van der Waals surface area contributed by atoms with Crippen LogP contribution in [0, 0.1) is 80.1 Å². The maximum atomic E-state index is 8.60. The van der Waals surface area contributed by atoms with Crippen molar-refractivity contribution in [2.24, 2.45) is 0 Å². The van der Waals surface area contributed by atoms with E-state index in [1.807, 2.05) is 0 Å². The van der Waals surface area contributed by atoms with Crippen LogP contribution in [-0.4, -0.2) is 14.0 Å². The molecule has 0 amide bonds. The fourth-order valence-corrected chi connectivity index (χ4v) is 0. The fraction of sp³-hybridized carbons (Fsp3) is 0. The first-order chi connectivity index (χ1) is 6.00. The number of halogens is 3. The maximum Gasteiger partial charge on any atom is 0.0777 e. The molecule has 0 fully saturated rings. The van der Waals surface area contributed by atoms with Gasteiger partial charge in [0.15, 0.2) is 0 Å². The summed E-state index contributed by atoms with van der Waals surface area (Å²) in [7, 11) is -14.1. The fourth-order valence-electron chi connectivity index (χ4n) is 0. The van der Waals surface area contributed by atoms with Gasteiger partial charge in [-0.3, -0.25) is 0 Å². The molecular formula is H3Cl3EuO12. The molecule has 0 spiro atoms. The van der Waals surface area contributed by atoms with E-state index in [0.717, 1.165) is 0 Å². The second-order valence-corrected chi connectivity index (χ2v) is 3.56. The Hall–Kier alpha value is 1.97. The van der Waals surface area contributed by atoms with Gasteiger partial charge in [0.05, 0.1) is 44.7 Å². The Labute approximate surface area is 134 Å². The Morgan fingerprint density at radius 2 is 0.438 bits per heavy atom. The molecule has 0 heterocycles. The van der Waals surface area contributed by atoms with Crippen LogP contribution >= 0.6 is 0 Å². The molecular weight excluding hydrogens is 450 g/mol. The minimum atomic E-state index is -4.69. The van der Waals surface area contributed by atoms with Crippen molar-refractivity contribution >= 4 is 0 Å². The van der Waals surface area contributed by atoms with Crippen LogP contribution in [0.5, 0.6) is 0 Å². The van der Waals surface area contributed by atoms with Crippen LogP contribution < -0.4 is 41.9 Å². The van der Waals surface area contributed by atoms with E-state index in [2.05, 4.69) is 0 Å². The molecule has 0 saturated heterocycles. The van der Waals surface area contributed by atoms with Crippen molar-refractivity contribution < 1.29 is 136 Å². The molecule has 0 aliphatic heterocycles. The van der Waals surface area contributed by atoms with Crippen molar-refractivity contribution in [2.45, 2.75) is 0 Å². The predicted molar refractivity (Wildman–Crippen MR) is 6.66 cm³/mol. The SMILES string of the molecule is [Eu].[O-][Cl+3]([O-])([O-])O.[O-][Cl+3]([O-])([O-])O.[O-][Cl+3]([O-])([O-])O. The zero-order valence-corrected chi connectivity index (χ0v) is 11.2. The first-order valence-electron chi connectivity index (χ1n) is 1.90. The van der Waals surface area contributed by atoms with E-state index in [1.54, 1.807) is 0 Å². The predicted octanol–water partition coefficient (Wildman–Crippen LogP) is -12.4. The van der Waals surface area contributed by atoms with E-state index in [-0.39, 0.29) is 49.4 Å². The average molecular weight is 453 g/mol. The Kier molecular flexibility index (Phi) is 18.0. The summed E-state index contributed by atoms with van der Waals surface area (Å²) in [5.41, 5.74) is 0. The van der Waals surface area contributed by atoms with Gasteiger partial charge in [-0.2, -0.15) is 41.9 Å². The molecule has 16 heteroatoms. The molecule has 0 aromatic carbocycles. The molecule has 0 aliphatic carbocycles. The summed E-state index contributed by atoms with van der Waals surface area (Å²) in [6, 6.07) is 0. The van der Waals surface area contributed by atoms with Gasteiger partial charge in [0, 0.05) is 49.4 Å². The molecule has 1 radical (unpaired) electrons. The van der Waals surface area contributed by atoms with Gasteiger partial charge >= 0.3 is 0 Å². The third-order valence-corrected chi connectivity index (χ3v) is 0. The molecule has 0 aromatic rings. The van der Waals surface area contributed by atoms with E-state index in [1.165, 1.54) is 0 Å². The quantitative estimate of drug-likeness (QED) is 0.308. The molecule has 0 saturated carbocycles. The first kappa shape index (κ1) is 26.5. The molecule has 3 N–H and O–H groups in total. The Morgan fingerprint density at radius 3 is 0.438 bits per heavy atom. The summed E-state index contributed by atoms with van der Waals surface area (Å²) in [4.78, 5) is 0. The van der Waals surface area contributed by atoms with Crippen LogP contribution in [0.4, 0.5) is 0 Å². The third kappa shape index (κ3) is 919. The summed E-state index contributed by atoms with van der Waals surface area (Å²) in [5.74, 6) is 0. The van der Waals surface area contributed by atoms with E-state index >= 15 is 0 Å². The second-order valence-electron chi connectivity index (χ2n) is 1.19. The Balaban J connectivity index is -0.0000000655. The van der Waals surface area contributed by atoms with Crippen molar-refractivity contribution in [3.05, 3.63) is 0 Å². The van der Waals surface area contributed by atoms with Crippen LogP contribution in [0.2, 0.25) is 0 Å². The second kappa shape index (κ2) is 10.9. The van der Waals surface area contributed by atoms with Crippen molar-refractivity contribution in [2.75, 3.05) is 0 Å². The Bertz CT molecular complexity index is 91.3. The average Bonchev–Trinajstić information content (AvgIpc) is 1.41. The maximum absolute atomic E-state index is 8.60. The van der Waals surface area contributed by atoms with Gasteiger partial charge in [-0.05, 0) is 0 Å². The van der Waals surface area contributed by atoms with Gasteiger partial charge in [-0.25, -0.2) is 0 Å². The molecule has 0 aromatic heterocycles. The minimum Gasteiger partial charge on any atom is -0.183 e. The van der Waals surface area contributed by atoms with Crippen LogP contribution in [0.15, 0.2) is 0 Å². The smallest absolute Gasteiger partial charge is 0.0777 e. The molecule has 103 valence electrons. The van der Waals surface area contributed by atoms with Gasteiger partial charge in [-0.1, -0.05) is 0 Å². The summed E-state index contributed by atoms with van der Waals surface area (Å²) in [6.07, 6.45) is 0. The van der Waals surface area contributed by atoms with Gasteiger partial charge < -0.3 is 0 Å². The van der Waals surface area contributed by atoms with Crippen LogP contribution in [-0.2, 0) is 0 Å². The van der Waals surface area contributed by atoms with Crippen molar-refractivity contribution in [3.8, 4) is 0 Å². The van der Waals surface area contributed by atoms with Crippen molar-refractivity contribution in [1.82, 2.24) is 0 Å². The summed E-state index contributed by atoms with van der Waals surface area (Å²) in [6.45, 7) is 0. The monoisotopic (exact) mass is 453 g/mol. The first-order valence-corrected chi connectivity index (χ1v) is 5.69. The molecule has 0 unspecified atom stereocenters. The van der Waals surface area contributed by atoms with E-state index in [4.69, 9.17) is 55.9 Å². The van der Waals surface area contributed by atoms with Crippen LogP contribution in [0.3, 0.4) is 0 Å². The minimum absolute atomic E-state index is 0. The van der Waals surface area contributed by atoms with Gasteiger partial charge in [-0.15, -0.1) is 0 Å². The standard InChI is InChI=1S/3ClHO4.Eu/c3*2-1(3,4)5;/h3*(H,2,3,4,5);. The van der Waals surface area contributed by atoms with Crippen LogP contribution in [0.1, 0.15) is 0 Å². The summed E-state index contributed by atoms with van der Waals surface area (Å²) in [5, 5.41) is 0. The molecule has 0 bridgehead atoms. The molecule has 12 nitrogen and oxygen atoms in total. The third-order valence-electron chi connectivity index (χ3n) is 0. The van der Waals surface area contributed by atoms with Crippen molar-refractivity contribution in [3.63, 3.8) is 0 Å². The summed E-state index contributed by atoms with van der Waals surface area (Å²) >= 11 is 0. The largest absolute Gasteiger partial charge is 0.183 e. The molecule has 16 heavy (non-hydrogen) atoms. The zero-order chi connectivity index (χ0) is 13.5. The molecule has 0 atom stereocenters.